The average Bonchev–Trinajstić information content (AvgIpc) is 2.44. The molecule has 1 atom stereocenters. The van der Waals surface area contributed by atoms with E-state index in [9.17, 15) is 4.39 Å². The second-order valence-electron chi connectivity index (χ2n) is 4.17. The minimum absolute atomic E-state index is 0.193. The Morgan fingerprint density at radius 2 is 1.90 bits per heavy atom. The van der Waals surface area contributed by atoms with Crippen molar-refractivity contribution in [1.82, 2.24) is 5.43 Å². The lowest BCUT2D eigenvalue weighted by atomic mass is 9.99. The summed E-state index contributed by atoms with van der Waals surface area (Å²) in [5.74, 6) is 5.34. The van der Waals surface area contributed by atoms with Crippen LogP contribution in [0.4, 0.5) is 4.39 Å². The van der Waals surface area contributed by atoms with Gasteiger partial charge in [0.2, 0.25) is 0 Å². The predicted octanol–water partition coefficient (Wildman–Crippen LogP) is 3.80. The van der Waals surface area contributed by atoms with E-state index in [0.29, 0.717) is 10.6 Å². The highest BCUT2D eigenvalue weighted by Gasteiger charge is 2.15. The van der Waals surface area contributed by atoms with Crippen LogP contribution in [0.25, 0.3) is 0 Å². The average molecular weight is 360 g/mol. The second kappa shape index (κ2) is 6.54. The number of hydrogen-bond donors (Lipinski definition) is 2. The number of halogens is 3. The Kier molecular flexibility index (Phi) is 4.99. The summed E-state index contributed by atoms with van der Waals surface area (Å²) in [7, 11) is 1.42. The summed E-state index contributed by atoms with van der Waals surface area (Å²) < 4.78 is 19.5. The van der Waals surface area contributed by atoms with Crippen LogP contribution < -0.4 is 16.0 Å². The summed E-state index contributed by atoms with van der Waals surface area (Å²) in [5.41, 5.74) is 4.19. The van der Waals surface area contributed by atoms with Crippen LogP contribution in [-0.4, -0.2) is 7.11 Å². The molecular formula is C14H13BrClFN2O. The third-order valence-corrected chi connectivity index (χ3v) is 4.19. The monoisotopic (exact) mass is 358 g/mol. The molecule has 0 aliphatic heterocycles. The first-order valence-electron chi connectivity index (χ1n) is 5.81. The van der Waals surface area contributed by atoms with Gasteiger partial charge in [-0.05, 0) is 51.3 Å². The maximum atomic E-state index is 13.8. The molecule has 0 aromatic heterocycles. The fourth-order valence-corrected chi connectivity index (χ4v) is 2.37. The van der Waals surface area contributed by atoms with Crippen LogP contribution in [0.5, 0.6) is 5.75 Å². The fraction of sp³-hybridized carbons (Fsp3) is 0.143. The van der Waals surface area contributed by atoms with Crippen LogP contribution in [-0.2, 0) is 0 Å². The Hall–Kier alpha value is -1.14. The van der Waals surface area contributed by atoms with Gasteiger partial charge in [-0.1, -0.05) is 23.7 Å². The molecule has 2 rings (SSSR count). The first kappa shape index (κ1) is 15.3. The number of hydrazine groups is 1. The molecule has 3 N–H and O–H groups in total. The van der Waals surface area contributed by atoms with E-state index < -0.39 is 5.82 Å². The molecule has 0 amide bonds. The van der Waals surface area contributed by atoms with Crippen molar-refractivity contribution in [3.63, 3.8) is 0 Å². The van der Waals surface area contributed by atoms with Crippen LogP contribution in [0.15, 0.2) is 40.9 Å². The summed E-state index contributed by atoms with van der Waals surface area (Å²) in [6, 6.07) is 9.81. The molecular weight excluding hydrogens is 347 g/mol. The molecule has 0 saturated carbocycles. The fourth-order valence-electron chi connectivity index (χ4n) is 1.94. The lowest BCUT2D eigenvalue weighted by molar-refractivity contribution is 0.385. The minimum Gasteiger partial charge on any atom is -0.494 e. The molecule has 0 heterocycles. The molecule has 0 aliphatic carbocycles. The van der Waals surface area contributed by atoms with Gasteiger partial charge in [-0.25, -0.2) is 9.82 Å². The molecule has 0 bridgehead atoms. The van der Waals surface area contributed by atoms with Gasteiger partial charge in [-0.2, -0.15) is 0 Å². The third-order valence-electron chi connectivity index (χ3n) is 2.95. The first-order valence-corrected chi connectivity index (χ1v) is 6.98. The van der Waals surface area contributed by atoms with Gasteiger partial charge in [-0.3, -0.25) is 5.84 Å². The number of methoxy groups -OCH3 is 1. The normalized spacial score (nSPS) is 12.2. The number of rotatable bonds is 4. The van der Waals surface area contributed by atoms with Gasteiger partial charge >= 0.3 is 0 Å². The van der Waals surface area contributed by atoms with Crippen molar-refractivity contribution in [1.29, 1.82) is 0 Å². The Bertz CT molecular complexity index is 624. The van der Waals surface area contributed by atoms with Crippen molar-refractivity contribution >= 4 is 27.5 Å². The van der Waals surface area contributed by atoms with E-state index in [1.807, 2.05) is 12.1 Å². The molecule has 0 aliphatic rings. The number of benzene rings is 2. The largest absolute Gasteiger partial charge is 0.494 e. The van der Waals surface area contributed by atoms with Crippen LogP contribution in [0, 0.1) is 5.82 Å². The summed E-state index contributed by atoms with van der Waals surface area (Å²) in [5, 5.41) is 0.566. The molecule has 20 heavy (non-hydrogen) atoms. The molecule has 1 unspecified atom stereocenters. The Balaban J connectivity index is 2.41. The van der Waals surface area contributed by atoms with E-state index in [4.69, 9.17) is 22.2 Å². The minimum atomic E-state index is -0.437. The molecule has 0 radical (unpaired) electrons. The standard InChI is InChI=1S/C14H13BrClFN2O/c1-20-13-5-3-9(7-12(13)17)14(19-18)8-2-4-10(15)11(16)6-8/h2-7,14,19H,18H2,1H3. The van der Waals surface area contributed by atoms with Crippen molar-refractivity contribution in [2.45, 2.75) is 6.04 Å². The first-order chi connectivity index (χ1) is 9.56. The predicted molar refractivity (Wildman–Crippen MR) is 81.3 cm³/mol. The van der Waals surface area contributed by atoms with Crippen LogP contribution in [0.3, 0.4) is 0 Å². The summed E-state index contributed by atoms with van der Waals surface area (Å²) >= 11 is 9.40. The SMILES string of the molecule is COc1ccc(C(NN)c2ccc(Br)c(Cl)c2)cc1F. The second-order valence-corrected chi connectivity index (χ2v) is 5.43. The van der Waals surface area contributed by atoms with Crippen LogP contribution >= 0.6 is 27.5 Å². The highest BCUT2D eigenvalue weighted by molar-refractivity contribution is 9.10. The van der Waals surface area contributed by atoms with Crippen molar-refractivity contribution in [2.24, 2.45) is 5.84 Å². The van der Waals surface area contributed by atoms with Crippen molar-refractivity contribution in [3.05, 3.63) is 62.8 Å². The van der Waals surface area contributed by atoms with Crippen molar-refractivity contribution in [3.8, 4) is 5.75 Å². The maximum absolute atomic E-state index is 13.8. The highest BCUT2D eigenvalue weighted by atomic mass is 79.9. The van der Waals surface area contributed by atoms with Crippen molar-refractivity contribution < 1.29 is 9.13 Å². The topological polar surface area (TPSA) is 47.3 Å². The van der Waals surface area contributed by atoms with Gasteiger partial charge in [0.25, 0.3) is 0 Å². The van der Waals surface area contributed by atoms with E-state index in [1.54, 1.807) is 18.2 Å². The lowest BCUT2D eigenvalue weighted by Gasteiger charge is -2.18. The number of ether oxygens (including phenoxy) is 1. The van der Waals surface area contributed by atoms with E-state index in [0.717, 1.165) is 10.0 Å². The molecule has 3 nitrogen and oxygen atoms in total. The van der Waals surface area contributed by atoms with Gasteiger partial charge in [0.05, 0.1) is 18.2 Å². The number of nitrogens with two attached hydrogens (primary N) is 1. The smallest absolute Gasteiger partial charge is 0.165 e. The lowest BCUT2D eigenvalue weighted by Crippen LogP contribution is -2.28. The van der Waals surface area contributed by atoms with Gasteiger partial charge in [0.15, 0.2) is 11.6 Å². The third kappa shape index (κ3) is 3.12. The Morgan fingerprint density at radius 1 is 1.25 bits per heavy atom. The maximum Gasteiger partial charge on any atom is 0.165 e. The highest BCUT2D eigenvalue weighted by Crippen LogP contribution is 2.30. The van der Waals surface area contributed by atoms with Gasteiger partial charge in [-0.15, -0.1) is 0 Å². The van der Waals surface area contributed by atoms with Gasteiger partial charge in [0.1, 0.15) is 0 Å². The molecule has 2 aromatic rings. The molecule has 106 valence electrons. The van der Waals surface area contributed by atoms with Crippen molar-refractivity contribution in [2.75, 3.05) is 7.11 Å². The van der Waals surface area contributed by atoms with E-state index in [-0.39, 0.29) is 11.8 Å². The van der Waals surface area contributed by atoms with E-state index in [2.05, 4.69) is 21.4 Å². The Labute approximate surface area is 130 Å². The molecule has 6 heteroatoms. The zero-order valence-electron chi connectivity index (χ0n) is 10.7. The summed E-state index contributed by atoms with van der Waals surface area (Å²) in [6.07, 6.45) is 0. The summed E-state index contributed by atoms with van der Waals surface area (Å²) in [4.78, 5) is 0. The molecule has 2 aromatic carbocycles. The van der Waals surface area contributed by atoms with E-state index in [1.165, 1.54) is 13.2 Å². The van der Waals surface area contributed by atoms with Gasteiger partial charge < -0.3 is 4.74 Å². The number of nitrogens with one attached hydrogen (secondary N) is 1. The zero-order valence-corrected chi connectivity index (χ0v) is 13.0. The molecule has 0 fully saturated rings. The summed E-state index contributed by atoms with van der Waals surface area (Å²) in [6.45, 7) is 0. The van der Waals surface area contributed by atoms with Crippen LogP contribution in [0.1, 0.15) is 17.2 Å². The molecule has 0 saturated heterocycles. The van der Waals surface area contributed by atoms with E-state index >= 15 is 0 Å². The number of hydrogen-bond acceptors (Lipinski definition) is 3. The van der Waals surface area contributed by atoms with Gasteiger partial charge in [0, 0.05) is 4.47 Å². The Morgan fingerprint density at radius 3 is 2.45 bits per heavy atom. The zero-order chi connectivity index (χ0) is 14.7. The quantitative estimate of drug-likeness (QED) is 0.645. The molecule has 0 spiro atoms. The van der Waals surface area contributed by atoms with Crippen LogP contribution in [0.2, 0.25) is 5.02 Å².